The van der Waals surface area contributed by atoms with Crippen LogP contribution in [-0.4, -0.2) is 23.1 Å². The molecule has 4 heteroatoms. The average Bonchev–Trinajstić information content (AvgIpc) is 2.09. The summed E-state index contributed by atoms with van der Waals surface area (Å²) in [5.41, 5.74) is 0.274. The highest BCUT2D eigenvalue weighted by atomic mass is 16.5. The number of esters is 1. The highest BCUT2D eigenvalue weighted by Crippen LogP contribution is 2.12. The highest BCUT2D eigenvalue weighted by Gasteiger charge is 2.11. The van der Waals surface area contributed by atoms with Crippen LogP contribution in [0, 0.1) is 5.92 Å². The Kier molecular flexibility index (Phi) is 6.46. The molecule has 0 aliphatic carbocycles. The molecule has 0 amide bonds. The standard InChI is InChI=1S/C12H20O4/c1-8(2)7-10(12(14)15)5-6-11(13)16-9(3)4/h5,8-9H,6-7H2,1-4H3,(H,14,15)/b10-5+. The van der Waals surface area contributed by atoms with E-state index in [0.29, 0.717) is 6.42 Å². The molecular formula is C12H20O4. The van der Waals surface area contributed by atoms with E-state index in [-0.39, 0.29) is 24.0 Å². The number of hydrogen-bond acceptors (Lipinski definition) is 3. The molecule has 16 heavy (non-hydrogen) atoms. The normalized spacial score (nSPS) is 12.0. The van der Waals surface area contributed by atoms with Gasteiger partial charge >= 0.3 is 11.9 Å². The Bertz CT molecular complexity index is 277. The number of carbonyl (C=O) groups is 2. The third-order valence-electron chi connectivity index (χ3n) is 1.79. The molecule has 0 saturated carbocycles. The first-order chi connectivity index (χ1) is 7.32. The van der Waals surface area contributed by atoms with Gasteiger partial charge < -0.3 is 9.84 Å². The van der Waals surface area contributed by atoms with E-state index in [2.05, 4.69) is 0 Å². The van der Waals surface area contributed by atoms with Crippen LogP contribution in [0.3, 0.4) is 0 Å². The van der Waals surface area contributed by atoms with Gasteiger partial charge in [-0.15, -0.1) is 0 Å². The van der Waals surface area contributed by atoms with Crippen molar-refractivity contribution in [3.63, 3.8) is 0 Å². The minimum Gasteiger partial charge on any atom is -0.478 e. The van der Waals surface area contributed by atoms with Crippen molar-refractivity contribution in [1.29, 1.82) is 0 Å². The Morgan fingerprint density at radius 3 is 2.19 bits per heavy atom. The fraction of sp³-hybridized carbons (Fsp3) is 0.667. The fourth-order valence-electron chi connectivity index (χ4n) is 1.22. The second-order valence-electron chi connectivity index (χ2n) is 4.38. The molecule has 0 heterocycles. The molecule has 0 aromatic heterocycles. The largest absolute Gasteiger partial charge is 0.478 e. The lowest BCUT2D eigenvalue weighted by Gasteiger charge is -2.07. The summed E-state index contributed by atoms with van der Waals surface area (Å²) in [6.07, 6.45) is 1.75. The van der Waals surface area contributed by atoms with Gasteiger partial charge in [0.25, 0.3) is 0 Å². The smallest absolute Gasteiger partial charge is 0.331 e. The van der Waals surface area contributed by atoms with E-state index in [1.54, 1.807) is 13.8 Å². The number of ether oxygens (including phenoxy) is 1. The van der Waals surface area contributed by atoms with Gasteiger partial charge in [-0.2, -0.15) is 0 Å². The predicted octanol–water partition coefficient (Wildman–Crippen LogP) is 2.39. The summed E-state index contributed by atoms with van der Waals surface area (Å²) in [6.45, 7) is 7.38. The number of carboxylic acids is 1. The minimum absolute atomic E-state index is 0.0204. The molecule has 0 radical (unpaired) electrons. The summed E-state index contributed by atoms with van der Waals surface area (Å²) in [5, 5.41) is 8.90. The summed E-state index contributed by atoms with van der Waals surface area (Å²) >= 11 is 0. The Hall–Kier alpha value is -1.32. The van der Waals surface area contributed by atoms with Crippen LogP contribution in [0.2, 0.25) is 0 Å². The number of carboxylic acid groups (broad SMARTS) is 1. The Balaban J connectivity index is 4.34. The van der Waals surface area contributed by atoms with Crippen LogP contribution in [0.5, 0.6) is 0 Å². The number of aliphatic carboxylic acids is 1. The molecule has 0 aliphatic heterocycles. The lowest BCUT2D eigenvalue weighted by atomic mass is 10.0. The zero-order valence-electron chi connectivity index (χ0n) is 10.3. The summed E-state index contributed by atoms with van der Waals surface area (Å²) in [5.74, 6) is -1.10. The number of rotatable bonds is 6. The van der Waals surface area contributed by atoms with Gasteiger partial charge in [0.2, 0.25) is 0 Å². The maximum Gasteiger partial charge on any atom is 0.331 e. The lowest BCUT2D eigenvalue weighted by Crippen LogP contribution is -2.11. The first-order valence-electron chi connectivity index (χ1n) is 5.44. The van der Waals surface area contributed by atoms with Crippen LogP contribution in [0.4, 0.5) is 0 Å². The van der Waals surface area contributed by atoms with Gasteiger partial charge in [0.05, 0.1) is 12.5 Å². The highest BCUT2D eigenvalue weighted by molar-refractivity contribution is 5.87. The minimum atomic E-state index is -0.967. The van der Waals surface area contributed by atoms with Gasteiger partial charge in [0, 0.05) is 5.57 Å². The first kappa shape index (κ1) is 14.7. The van der Waals surface area contributed by atoms with Crippen molar-refractivity contribution in [3.05, 3.63) is 11.6 Å². The summed E-state index contributed by atoms with van der Waals surface area (Å²) in [7, 11) is 0. The average molecular weight is 228 g/mol. The van der Waals surface area contributed by atoms with E-state index in [9.17, 15) is 9.59 Å². The van der Waals surface area contributed by atoms with Crippen LogP contribution in [0.15, 0.2) is 11.6 Å². The number of carbonyl (C=O) groups excluding carboxylic acids is 1. The van der Waals surface area contributed by atoms with Gasteiger partial charge in [-0.3, -0.25) is 4.79 Å². The molecular weight excluding hydrogens is 208 g/mol. The van der Waals surface area contributed by atoms with Crippen LogP contribution in [0.25, 0.3) is 0 Å². The van der Waals surface area contributed by atoms with Gasteiger partial charge in [0.1, 0.15) is 0 Å². The maximum atomic E-state index is 11.2. The van der Waals surface area contributed by atoms with E-state index in [0.717, 1.165) is 0 Å². The molecule has 0 aromatic rings. The zero-order valence-corrected chi connectivity index (χ0v) is 10.3. The summed E-state index contributed by atoms with van der Waals surface area (Å²) in [6, 6.07) is 0. The molecule has 0 aromatic carbocycles. The van der Waals surface area contributed by atoms with E-state index in [1.165, 1.54) is 6.08 Å². The Morgan fingerprint density at radius 1 is 1.25 bits per heavy atom. The van der Waals surface area contributed by atoms with Crippen LogP contribution in [0.1, 0.15) is 40.5 Å². The van der Waals surface area contributed by atoms with Crippen LogP contribution >= 0.6 is 0 Å². The van der Waals surface area contributed by atoms with Gasteiger partial charge in [-0.1, -0.05) is 19.9 Å². The molecule has 0 bridgehead atoms. The third kappa shape index (κ3) is 7.04. The second kappa shape index (κ2) is 7.04. The molecule has 0 atom stereocenters. The Morgan fingerprint density at radius 2 is 1.81 bits per heavy atom. The van der Waals surface area contributed by atoms with Crippen molar-refractivity contribution >= 4 is 11.9 Å². The van der Waals surface area contributed by atoms with Crippen LogP contribution < -0.4 is 0 Å². The molecule has 92 valence electrons. The molecule has 1 N–H and O–H groups in total. The van der Waals surface area contributed by atoms with E-state index in [1.807, 2.05) is 13.8 Å². The van der Waals surface area contributed by atoms with Gasteiger partial charge in [-0.25, -0.2) is 4.79 Å². The molecule has 0 spiro atoms. The zero-order chi connectivity index (χ0) is 12.7. The summed E-state index contributed by atoms with van der Waals surface area (Å²) in [4.78, 5) is 22.1. The fourth-order valence-corrected chi connectivity index (χ4v) is 1.22. The van der Waals surface area contributed by atoms with Crippen molar-refractivity contribution in [2.24, 2.45) is 5.92 Å². The van der Waals surface area contributed by atoms with Gasteiger partial charge in [-0.05, 0) is 26.2 Å². The molecule has 4 nitrogen and oxygen atoms in total. The molecule has 0 saturated heterocycles. The monoisotopic (exact) mass is 228 g/mol. The van der Waals surface area contributed by atoms with Crippen molar-refractivity contribution in [2.75, 3.05) is 0 Å². The van der Waals surface area contributed by atoms with E-state index < -0.39 is 11.9 Å². The molecule has 0 aliphatic rings. The van der Waals surface area contributed by atoms with Crippen molar-refractivity contribution in [2.45, 2.75) is 46.6 Å². The first-order valence-corrected chi connectivity index (χ1v) is 5.44. The Labute approximate surface area is 96.3 Å². The lowest BCUT2D eigenvalue weighted by molar-refractivity contribution is -0.146. The van der Waals surface area contributed by atoms with Crippen molar-refractivity contribution in [3.8, 4) is 0 Å². The molecule has 0 unspecified atom stereocenters. The topological polar surface area (TPSA) is 63.6 Å². The quantitative estimate of drug-likeness (QED) is 0.560. The molecule has 0 fully saturated rings. The second-order valence-corrected chi connectivity index (χ2v) is 4.38. The van der Waals surface area contributed by atoms with E-state index in [4.69, 9.17) is 9.84 Å². The summed E-state index contributed by atoms with van der Waals surface area (Å²) < 4.78 is 4.91. The SMILES string of the molecule is CC(C)C/C(=C\CC(=O)OC(C)C)C(=O)O. The maximum absolute atomic E-state index is 11.2. The molecule has 0 rings (SSSR count). The van der Waals surface area contributed by atoms with E-state index >= 15 is 0 Å². The predicted molar refractivity (Wildman–Crippen MR) is 61.0 cm³/mol. The van der Waals surface area contributed by atoms with Crippen molar-refractivity contribution in [1.82, 2.24) is 0 Å². The van der Waals surface area contributed by atoms with Gasteiger partial charge in [0.15, 0.2) is 0 Å². The third-order valence-corrected chi connectivity index (χ3v) is 1.79. The number of hydrogen-bond donors (Lipinski definition) is 1. The van der Waals surface area contributed by atoms with Crippen molar-refractivity contribution < 1.29 is 19.4 Å². The van der Waals surface area contributed by atoms with Crippen LogP contribution in [-0.2, 0) is 14.3 Å².